The fourth-order valence-corrected chi connectivity index (χ4v) is 17.2. The minimum Gasteiger partial charge on any atom is -0.872 e. The van der Waals surface area contributed by atoms with E-state index in [4.69, 9.17) is 0 Å². The monoisotopic (exact) mass is 1360 g/mol. The average Bonchev–Trinajstić information content (AvgIpc) is 1.68. The Labute approximate surface area is 613 Å². The number of thiazole rings is 4. The van der Waals surface area contributed by atoms with Gasteiger partial charge in [-0.2, -0.15) is 19.9 Å². The van der Waals surface area contributed by atoms with Crippen molar-refractivity contribution in [3.8, 4) is 87.5 Å². The SMILES string of the molecule is Cc1ccc(-c2[nH+]c3ccc4ccccc4c3s2)c([O-])c1.[Be+2].[Be+2].[Be+2].[Be+2].[O-]c1cc(-c2cccc3ccccc23)ccc1-c1[nH+]c2ccc3ccccc3c2s1.[O-]c1ccccc1-c1[nH+]c2cc3ccccc3cc2s1.[O-]c1ccccc1-c1[nH+]c2ccc3cc(-c4ccccc4)ccc3c2s1. The fraction of sp³-hybridized carbons (Fsp3) is 0.0118. The van der Waals surface area contributed by atoms with E-state index < -0.39 is 0 Å². The maximum Gasteiger partial charge on any atom is 2.00 e. The number of rotatable bonds is 6. The first-order chi connectivity index (χ1) is 47.6. The van der Waals surface area contributed by atoms with Gasteiger partial charge in [0.1, 0.15) is 18.8 Å². The van der Waals surface area contributed by atoms with Crippen molar-refractivity contribution >= 4 is 181 Å². The van der Waals surface area contributed by atoms with Crippen molar-refractivity contribution < 1.29 is 40.4 Å². The maximum atomic E-state index is 13.1. The van der Waals surface area contributed by atoms with E-state index in [0.717, 1.165) is 80.9 Å². The van der Waals surface area contributed by atoms with Gasteiger partial charge in [-0.25, -0.2) is 0 Å². The molecule has 8 nitrogen and oxygen atoms in total. The zero-order chi connectivity index (χ0) is 65.5. The summed E-state index contributed by atoms with van der Waals surface area (Å²) in [6.07, 6.45) is 0. The number of hydrogen-bond donors (Lipinski definition) is 0. The van der Waals surface area contributed by atoms with Gasteiger partial charge >= 0.3 is 40.5 Å². The Morgan fingerprint density at radius 2 is 0.634 bits per heavy atom. The first kappa shape index (κ1) is 69.9. The van der Waals surface area contributed by atoms with Crippen molar-refractivity contribution in [3.63, 3.8) is 0 Å². The van der Waals surface area contributed by atoms with Gasteiger partial charge in [-0.3, -0.25) is 0 Å². The molecule has 0 bridgehead atoms. The van der Waals surface area contributed by atoms with Crippen LogP contribution in [-0.4, -0.2) is 40.5 Å². The number of hydrogen-bond acceptors (Lipinski definition) is 8. The van der Waals surface area contributed by atoms with Crippen LogP contribution in [0.3, 0.4) is 0 Å². The summed E-state index contributed by atoms with van der Waals surface area (Å²) >= 11 is 6.55. The molecular formula is C85H56Be4N4O4S4+8. The van der Waals surface area contributed by atoms with Crippen molar-refractivity contribution in [3.05, 3.63) is 303 Å². The van der Waals surface area contributed by atoms with Crippen LogP contribution in [0.25, 0.3) is 159 Å². The third-order valence-corrected chi connectivity index (χ3v) is 22.1. The Hall–Kier alpha value is -11.0. The van der Waals surface area contributed by atoms with E-state index >= 15 is 0 Å². The summed E-state index contributed by atoms with van der Waals surface area (Å²) in [6.45, 7) is 1.94. The molecule has 0 amide bonds. The number of aryl methyl sites for hydroxylation is 1. The van der Waals surface area contributed by atoms with Crippen LogP contribution in [0.4, 0.5) is 0 Å². The Morgan fingerprint density at radius 1 is 0.238 bits per heavy atom. The second kappa shape index (κ2) is 30.2. The first-order valence-electron chi connectivity index (χ1n) is 31.7. The van der Waals surface area contributed by atoms with Gasteiger partial charge in [0, 0.05) is 62.7 Å². The van der Waals surface area contributed by atoms with Crippen molar-refractivity contribution in [2.75, 3.05) is 0 Å². The molecule has 464 valence electrons. The number of nitrogens with one attached hydrogen (secondary N) is 4. The molecule has 0 saturated heterocycles. The van der Waals surface area contributed by atoms with E-state index in [0.29, 0.717) is 5.56 Å². The Kier molecular flexibility index (Phi) is 20.9. The summed E-state index contributed by atoms with van der Waals surface area (Å²) in [5, 5.41) is 65.0. The van der Waals surface area contributed by atoms with Crippen molar-refractivity contribution in [2.45, 2.75) is 6.92 Å². The Morgan fingerprint density at radius 3 is 1.18 bits per heavy atom. The molecule has 15 aromatic carbocycles. The van der Waals surface area contributed by atoms with Gasteiger partial charge < -0.3 is 20.4 Å². The van der Waals surface area contributed by atoms with Gasteiger partial charge in [0.2, 0.25) is 22.1 Å². The summed E-state index contributed by atoms with van der Waals surface area (Å²) in [6, 6.07) is 99.0. The van der Waals surface area contributed by atoms with E-state index in [1.165, 1.54) is 78.4 Å². The summed E-state index contributed by atoms with van der Waals surface area (Å²) in [5.74, 6) is 0.209. The predicted octanol–water partition coefficient (Wildman–Crippen LogP) is 17.7. The average molecular weight is 1360 g/mol. The molecular weight excluding hydrogens is 1310 g/mol. The van der Waals surface area contributed by atoms with Gasteiger partial charge in [-0.1, -0.05) is 292 Å². The van der Waals surface area contributed by atoms with Crippen LogP contribution in [0.2, 0.25) is 0 Å². The largest absolute Gasteiger partial charge is 2.00 e. The predicted molar refractivity (Wildman–Crippen MR) is 419 cm³/mol. The number of benzene rings is 15. The maximum absolute atomic E-state index is 13.1. The zero-order valence-corrected chi connectivity index (χ0v) is 58.2. The van der Waals surface area contributed by atoms with Crippen LogP contribution in [0.5, 0.6) is 23.0 Å². The molecule has 0 radical (unpaired) electrons. The van der Waals surface area contributed by atoms with Crippen LogP contribution in [-0.2, 0) is 0 Å². The molecule has 19 aromatic rings. The van der Waals surface area contributed by atoms with Gasteiger partial charge in [0.25, 0.3) is 20.0 Å². The molecule has 0 atom stereocenters. The standard InChI is InChI=1S/C27H17NOS.C23H15NOS.C18H13NOS.C17H11NOS.4Be/c29-25-16-19(21-11-5-8-17-6-1-3-9-20(17)21)12-14-23(25)27-28-24-15-13-18-7-2-4-10-22(18)26(24)30-27;25-21-9-5-4-8-19(21)23-24-20-13-11-17-14-16(15-6-2-1-3-7-15)10-12-18(17)22(20)26-23;1-11-6-8-14(16(20)10-11)18-19-15-9-7-12-4-2-3-5-13(12)17(15)21-18;19-15-8-4-3-7-13(15)17-18-14-9-11-5-1-2-6-12(11)10-16(14)20-17;;;;/h1-16,29H;1-14,25H;2-10,20H,1H3;1-10,19H;;;;/q;;;;4*+2. The number of H-pyrrole nitrogens is 4. The number of aromatic amines is 4. The zero-order valence-electron chi connectivity index (χ0n) is 54.9. The van der Waals surface area contributed by atoms with Crippen LogP contribution < -0.4 is 40.4 Å². The molecule has 16 heteroatoms. The molecule has 4 heterocycles. The summed E-state index contributed by atoms with van der Waals surface area (Å²) in [4.78, 5) is 13.6. The van der Waals surface area contributed by atoms with Gasteiger partial charge in [-0.15, -0.1) is 0 Å². The second-order valence-electron chi connectivity index (χ2n) is 23.7. The van der Waals surface area contributed by atoms with Crippen molar-refractivity contribution in [1.29, 1.82) is 0 Å². The second-order valence-corrected chi connectivity index (χ2v) is 27.8. The van der Waals surface area contributed by atoms with E-state index in [1.807, 2.05) is 104 Å². The summed E-state index contributed by atoms with van der Waals surface area (Å²) < 4.78 is 4.73. The molecule has 4 N–H and O–H groups in total. The first-order valence-corrected chi connectivity index (χ1v) is 34.9. The van der Waals surface area contributed by atoms with Crippen molar-refractivity contribution in [1.82, 2.24) is 0 Å². The molecule has 0 aliphatic carbocycles. The van der Waals surface area contributed by atoms with Crippen LogP contribution in [0, 0.1) is 6.92 Å². The molecule has 0 aliphatic heterocycles. The smallest absolute Gasteiger partial charge is 0.872 e. The molecule has 0 fully saturated rings. The van der Waals surface area contributed by atoms with Crippen LogP contribution >= 0.6 is 45.3 Å². The third-order valence-electron chi connectivity index (χ3n) is 17.5. The normalized spacial score (nSPS) is 10.9. The number of aromatic nitrogens is 4. The molecule has 19 rings (SSSR count). The molecule has 4 aromatic heterocycles. The fourth-order valence-electron chi connectivity index (χ4n) is 12.6. The molecule has 0 spiro atoms. The molecule has 0 saturated carbocycles. The summed E-state index contributed by atoms with van der Waals surface area (Å²) in [7, 11) is 0. The number of para-hydroxylation sites is 2. The third kappa shape index (κ3) is 14.1. The minimum absolute atomic E-state index is 0. The van der Waals surface area contributed by atoms with Gasteiger partial charge in [-0.05, 0) is 121 Å². The molecule has 0 unspecified atom stereocenters. The Bertz CT molecular complexity index is 6160. The van der Waals surface area contributed by atoms with E-state index in [1.54, 1.807) is 81.7 Å². The summed E-state index contributed by atoms with van der Waals surface area (Å²) in [5.41, 5.74) is 12.7. The van der Waals surface area contributed by atoms with Gasteiger partial charge in [0.05, 0.1) is 0 Å². The number of fused-ring (bicyclic) bond motifs is 12. The van der Waals surface area contributed by atoms with Crippen molar-refractivity contribution in [2.24, 2.45) is 0 Å². The molecule has 0 aliphatic rings. The van der Waals surface area contributed by atoms with Gasteiger partial charge in [0.15, 0.2) is 0 Å². The Balaban J connectivity index is 0.000000127. The van der Waals surface area contributed by atoms with E-state index in [2.05, 4.69) is 184 Å². The topological polar surface area (TPSA) is 149 Å². The van der Waals surface area contributed by atoms with E-state index in [9.17, 15) is 20.4 Å². The molecule has 101 heavy (non-hydrogen) atoms. The quantitative estimate of drug-likeness (QED) is 0.152. The van der Waals surface area contributed by atoms with E-state index in [-0.39, 0.29) is 63.5 Å². The van der Waals surface area contributed by atoms with Crippen LogP contribution in [0.1, 0.15) is 5.56 Å². The minimum atomic E-state index is 0. The van der Waals surface area contributed by atoms with Crippen LogP contribution in [0.15, 0.2) is 297 Å².